The van der Waals surface area contributed by atoms with E-state index in [1.165, 1.54) is 17.3 Å². The lowest BCUT2D eigenvalue weighted by Gasteiger charge is -2.06. The van der Waals surface area contributed by atoms with Crippen LogP contribution in [0.2, 0.25) is 0 Å². The third-order valence-electron chi connectivity index (χ3n) is 3.51. The molecule has 0 fully saturated rings. The summed E-state index contributed by atoms with van der Waals surface area (Å²) in [7, 11) is 0. The van der Waals surface area contributed by atoms with E-state index in [2.05, 4.69) is 15.3 Å². The Morgan fingerprint density at radius 3 is 2.91 bits per heavy atom. The third-order valence-corrected chi connectivity index (χ3v) is 5.36. The summed E-state index contributed by atoms with van der Waals surface area (Å²) in [6.45, 7) is 2.53. The van der Waals surface area contributed by atoms with Crippen molar-refractivity contribution in [2.75, 3.05) is 5.75 Å². The van der Waals surface area contributed by atoms with Crippen molar-refractivity contribution in [1.82, 2.24) is 15.3 Å². The Labute approximate surface area is 142 Å². The number of H-pyrrole nitrogens is 1. The Hall–Kier alpha value is -1.73. The Morgan fingerprint density at radius 1 is 1.35 bits per heavy atom. The zero-order valence-electron chi connectivity index (χ0n) is 12.7. The van der Waals surface area contributed by atoms with Crippen LogP contribution in [0.1, 0.15) is 22.4 Å². The van der Waals surface area contributed by atoms with Crippen LogP contribution in [-0.2, 0) is 22.8 Å². The highest BCUT2D eigenvalue weighted by molar-refractivity contribution is 7.99. The maximum atomic E-state index is 11.9. The molecule has 1 aromatic heterocycles. The number of hydrogen-bond acceptors (Lipinski definition) is 5. The van der Waals surface area contributed by atoms with Crippen LogP contribution in [0.4, 0.5) is 0 Å². The van der Waals surface area contributed by atoms with E-state index in [1.54, 1.807) is 11.8 Å². The molecule has 0 radical (unpaired) electrons. The molecule has 2 N–H and O–H groups in total. The first-order chi connectivity index (χ1) is 11.1. The van der Waals surface area contributed by atoms with Crippen LogP contribution >= 0.6 is 23.5 Å². The van der Waals surface area contributed by atoms with Gasteiger partial charge in [-0.15, -0.1) is 0 Å². The quantitative estimate of drug-likeness (QED) is 0.641. The van der Waals surface area contributed by atoms with Crippen LogP contribution in [0.3, 0.4) is 0 Å². The van der Waals surface area contributed by atoms with Crippen molar-refractivity contribution in [1.29, 1.82) is 0 Å². The fraction of sp³-hybridized carbons (Fsp3) is 0.312. The Bertz CT molecular complexity index is 772. The van der Waals surface area contributed by atoms with Crippen molar-refractivity contribution in [3.05, 3.63) is 57.0 Å². The molecule has 0 bridgehead atoms. The van der Waals surface area contributed by atoms with Gasteiger partial charge in [0.05, 0.1) is 11.4 Å². The number of benzene rings is 1. The van der Waals surface area contributed by atoms with E-state index in [-0.39, 0.29) is 17.2 Å². The van der Waals surface area contributed by atoms with Gasteiger partial charge in [-0.3, -0.25) is 9.59 Å². The van der Waals surface area contributed by atoms with Crippen molar-refractivity contribution in [2.45, 2.75) is 30.1 Å². The van der Waals surface area contributed by atoms with Crippen LogP contribution in [0.5, 0.6) is 0 Å². The predicted molar refractivity (Wildman–Crippen MR) is 93.6 cm³/mol. The maximum absolute atomic E-state index is 11.9. The molecule has 1 aliphatic rings. The van der Waals surface area contributed by atoms with Gasteiger partial charge in [-0.05, 0) is 12.5 Å². The van der Waals surface area contributed by atoms with Gasteiger partial charge in [-0.2, -0.15) is 11.8 Å². The van der Waals surface area contributed by atoms with Gasteiger partial charge in [0.25, 0.3) is 5.56 Å². The van der Waals surface area contributed by atoms with Gasteiger partial charge in [0, 0.05) is 23.6 Å². The summed E-state index contributed by atoms with van der Waals surface area (Å²) >= 11 is 2.94. The predicted octanol–water partition coefficient (Wildman–Crippen LogP) is 2.23. The number of aromatic nitrogens is 2. The fourth-order valence-electron chi connectivity index (χ4n) is 2.20. The fourth-order valence-corrected chi connectivity index (χ4v) is 3.95. The SMILES string of the molecule is Cc1ccc(CNC(=O)CSc2nc3c(c(=O)[nH]2)CSC3)cc1. The summed E-state index contributed by atoms with van der Waals surface area (Å²) in [6, 6.07) is 8.04. The number of amides is 1. The summed E-state index contributed by atoms with van der Waals surface area (Å²) in [5.41, 5.74) is 3.79. The third kappa shape index (κ3) is 4.17. The minimum absolute atomic E-state index is 0.0758. The van der Waals surface area contributed by atoms with Crippen molar-refractivity contribution in [3.63, 3.8) is 0 Å². The van der Waals surface area contributed by atoms with E-state index in [0.29, 0.717) is 11.7 Å². The molecule has 0 unspecified atom stereocenters. The average Bonchev–Trinajstić information content (AvgIpc) is 3.01. The van der Waals surface area contributed by atoms with Crippen LogP contribution in [-0.4, -0.2) is 21.6 Å². The molecular weight excluding hydrogens is 330 g/mol. The molecule has 1 aliphatic heterocycles. The van der Waals surface area contributed by atoms with E-state index in [0.717, 1.165) is 28.3 Å². The van der Waals surface area contributed by atoms with E-state index in [9.17, 15) is 9.59 Å². The van der Waals surface area contributed by atoms with Crippen molar-refractivity contribution in [2.24, 2.45) is 0 Å². The summed E-state index contributed by atoms with van der Waals surface area (Å²) < 4.78 is 0. The number of carbonyl (C=O) groups excluding carboxylic acids is 1. The molecule has 120 valence electrons. The van der Waals surface area contributed by atoms with E-state index in [4.69, 9.17) is 0 Å². The van der Waals surface area contributed by atoms with Crippen LogP contribution < -0.4 is 10.9 Å². The number of carbonyl (C=O) groups is 1. The topological polar surface area (TPSA) is 74.8 Å². The first-order valence-electron chi connectivity index (χ1n) is 7.26. The average molecular weight is 347 g/mol. The van der Waals surface area contributed by atoms with Crippen molar-refractivity contribution < 1.29 is 4.79 Å². The van der Waals surface area contributed by atoms with E-state index < -0.39 is 0 Å². The molecule has 0 saturated heterocycles. The smallest absolute Gasteiger partial charge is 0.255 e. The molecule has 1 aromatic carbocycles. The Balaban J connectivity index is 1.52. The lowest BCUT2D eigenvalue weighted by Crippen LogP contribution is -2.25. The lowest BCUT2D eigenvalue weighted by atomic mass is 10.1. The molecule has 0 saturated carbocycles. The number of rotatable bonds is 5. The number of nitrogens with one attached hydrogen (secondary N) is 2. The van der Waals surface area contributed by atoms with E-state index >= 15 is 0 Å². The molecule has 0 aliphatic carbocycles. The van der Waals surface area contributed by atoms with Gasteiger partial charge >= 0.3 is 0 Å². The zero-order valence-corrected chi connectivity index (χ0v) is 14.4. The molecule has 23 heavy (non-hydrogen) atoms. The van der Waals surface area contributed by atoms with E-state index in [1.807, 2.05) is 31.2 Å². The van der Waals surface area contributed by atoms with Gasteiger partial charge in [0.15, 0.2) is 5.16 Å². The second-order valence-electron chi connectivity index (χ2n) is 5.34. The molecule has 5 nitrogen and oxygen atoms in total. The largest absolute Gasteiger partial charge is 0.351 e. The second kappa shape index (κ2) is 7.23. The van der Waals surface area contributed by atoms with Gasteiger partial charge in [0.1, 0.15) is 0 Å². The number of hydrogen-bond donors (Lipinski definition) is 2. The van der Waals surface area contributed by atoms with Gasteiger partial charge in [0.2, 0.25) is 5.91 Å². The Morgan fingerprint density at radius 2 is 2.13 bits per heavy atom. The second-order valence-corrected chi connectivity index (χ2v) is 7.29. The highest BCUT2D eigenvalue weighted by Gasteiger charge is 2.18. The van der Waals surface area contributed by atoms with Gasteiger partial charge in [-0.25, -0.2) is 4.98 Å². The zero-order chi connectivity index (χ0) is 16.2. The monoisotopic (exact) mass is 347 g/mol. The summed E-state index contributed by atoms with van der Waals surface area (Å²) in [4.78, 5) is 31.0. The molecule has 1 amide bonds. The molecule has 2 heterocycles. The van der Waals surface area contributed by atoms with Crippen molar-refractivity contribution >= 4 is 29.4 Å². The summed E-state index contributed by atoms with van der Waals surface area (Å²) in [5, 5.41) is 3.39. The minimum Gasteiger partial charge on any atom is -0.351 e. The molecule has 0 spiro atoms. The van der Waals surface area contributed by atoms with Crippen LogP contribution in [0.15, 0.2) is 34.2 Å². The molecule has 7 heteroatoms. The molecule has 2 aromatic rings. The minimum atomic E-state index is -0.0810. The molecule has 0 atom stereocenters. The van der Waals surface area contributed by atoms with Gasteiger partial charge < -0.3 is 10.3 Å². The van der Waals surface area contributed by atoms with Crippen molar-refractivity contribution in [3.8, 4) is 0 Å². The first-order valence-corrected chi connectivity index (χ1v) is 9.41. The highest BCUT2D eigenvalue weighted by atomic mass is 32.2. The summed E-state index contributed by atoms with van der Waals surface area (Å²) in [5.74, 6) is 1.65. The number of fused-ring (bicyclic) bond motifs is 1. The maximum Gasteiger partial charge on any atom is 0.255 e. The van der Waals surface area contributed by atoms with Gasteiger partial charge in [-0.1, -0.05) is 41.6 Å². The summed E-state index contributed by atoms with van der Waals surface area (Å²) in [6.07, 6.45) is 0. The first kappa shape index (κ1) is 16.1. The highest BCUT2D eigenvalue weighted by Crippen LogP contribution is 2.26. The standard InChI is InChI=1S/C16H17N3O2S2/c1-10-2-4-11(5-3-10)6-17-14(20)9-23-16-18-13-8-22-7-12(13)15(21)19-16/h2-5H,6-9H2,1H3,(H,17,20)(H,18,19,21). The van der Waals surface area contributed by atoms with Crippen LogP contribution in [0, 0.1) is 6.92 Å². The number of aromatic amines is 1. The van der Waals surface area contributed by atoms with Crippen LogP contribution in [0.25, 0.3) is 0 Å². The Kier molecular flexibility index (Phi) is 5.07. The number of thioether (sulfide) groups is 2. The number of nitrogens with zero attached hydrogens (tertiary/aromatic N) is 1. The number of aryl methyl sites for hydroxylation is 1. The molecule has 3 rings (SSSR count). The normalized spacial score (nSPS) is 12.9. The molecular formula is C16H17N3O2S2. The lowest BCUT2D eigenvalue weighted by molar-refractivity contribution is -0.118.